The number of phenolic OH excluding ortho intramolecular Hbond substituents is 2. The fourth-order valence-electron chi connectivity index (χ4n) is 5.01. The molecule has 4 aliphatic rings. The number of benzene rings is 4. The van der Waals surface area contributed by atoms with Gasteiger partial charge in [-0.15, -0.1) is 0 Å². The van der Waals surface area contributed by atoms with Crippen LogP contribution in [-0.4, -0.2) is 21.8 Å². The third kappa shape index (κ3) is 4.49. The Kier molecular flexibility index (Phi) is 6.33. The van der Waals surface area contributed by atoms with E-state index in [4.69, 9.17) is 10.2 Å². The van der Waals surface area contributed by atoms with Crippen molar-refractivity contribution in [3.05, 3.63) is 155 Å². The molecule has 8 rings (SSSR count). The van der Waals surface area contributed by atoms with E-state index in [1.165, 1.54) is 82.0 Å². The fraction of sp³-hybridized carbons (Fsp3) is 0.0625. The highest BCUT2D eigenvalue weighted by molar-refractivity contribution is 6.14. The van der Waals surface area contributed by atoms with Crippen molar-refractivity contribution in [2.24, 2.45) is 0 Å². The van der Waals surface area contributed by atoms with E-state index in [-0.39, 0.29) is 23.1 Å². The molecule has 0 amide bonds. The van der Waals surface area contributed by atoms with Gasteiger partial charge in [-0.3, -0.25) is 9.59 Å². The van der Waals surface area contributed by atoms with Gasteiger partial charge < -0.3 is 10.2 Å². The van der Waals surface area contributed by atoms with Gasteiger partial charge >= 0.3 is 0 Å². The molecule has 36 heavy (non-hydrogen) atoms. The van der Waals surface area contributed by atoms with E-state index in [0.29, 0.717) is 11.8 Å². The van der Waals surface area contributed by atoms with Crippen molar-refractivity contribution in [1.82, 2.24) is 0 Å². The summed E-state index contributed by atoms with van der Waals surface area (Å²) in [6.07, 6.45) is 5.01. The standard InChI is InChI=1S/C20H14.C6H6O2.C6H4O2/c1-2-8-14-13(7-1)19-15-9-3-5-11-17(15)20(14)18-12-6-4-10-16(18)19;2*7-5-1-2-6(8)4-3-5/h1-12,19-20H;1-4,7-8H;1-4H. The van der Waals surface area contributed by atoms with Crippen molar-refractivity contribution >= 4 is 11.6 Å². The molecule has 0 heterocycles. The predicted octanol–water partition coefficient (Wildman–Crippen LogP) is 6.02. The van der Waals surface area contributed by atoms with Gasteiger partial charge in [0, 0.05) is 11.8 Å². The lowest BCUT2D eigenvalue weighted by atomic mass is 9.61. The van der Waals surface area contributed by atoms with Crippen molar-refractivity contribution in [2.45, 2.75) is 11.8 Å². The van der Waals surface area contributed by atoms with Crippen molar-refractivity contribution in [2.75, 3.05) is 0 Å². The lowest BCUT2D eigenvalue weighted by Gasteiger charge is -2.42. The van der Waals surface area contributed by atoms with Crippen LogP contribution in [0.15, 0.2) is 121 Å². The Morgan fingerprint density at radius 1 is 0.389 bits per heavy atom. The van der Waals surface area contributed by atoms with Crippen LogP contribution in [0.4, 0.5) is 0 Å². The number of carbonyl (C=O) groups excluding carboxylic acids is 2. The van der Waals surface area contributed by atoms with Gasteiger partial charge in [-0.2, -0.15) is 0 Å². The predicted molar refractivity (Wildman–Crippen MR) is 139 cm³/mol. The van der Waals surface area contributed by atoms with Gasteiger partial charge in [-0.25, -0.2) is 0 Å². The van der Waals surface area contributed by atoms with Crippen molar-refractivity contribution in [3.8, 4) is 11.5 Å². The van der Waals surface area contributed by atoms with Crippen molar-refractivity contribution in [3.63, 3.8) is 0 Å². The lowest BCUT2D eigenvalue weighted by molar-refractivity contribution is -0.113. The molecule has 0 saturated heterocycles. The van der Waals surface area contributed by atoms with E-state index in [9.17, 15) is 9.59 Å². The van der Waals surface area contributed by atoms with E-state index in [1.807, 2.05) is 0 Å². The van der Waals surface area contributed by atoms with Crippen LogP contribution in [0.2, 0.25) is 0 Å². The number of rotatable bonds is 0. The molecule has 0 spiro atoms. The van der Waals surface area contributed by atoms with Crippen LogP contribution in [0.5, 0.6) is 11.5 Å². The first kappa shape index (κ1) is 23.1. The second-order valence-corrected chi connectivity index (χ2v) is 8.74. The fourth-order valence-corrected chi connectivity index (χ4v) is 5.01. The zero-order valence-electron chi connectivity index (χ0n) is 19.4. The third-order valence-electron chi connectivity index (χ3n) is 6.53. The molecule has 2 N–H and O–H groups in total. The maximum Gasteiger partial charge on any atom is 0.178 e. The van der Waals surface area contributed by atoms with Crippen molar-refractivity contribution in [1.29, 1.82) is 0 Å². The molecule has 0 aliphatic heterocycles. The zero-order valence-corrected chi connectivity index (χ0v) is 19.4. The second-order valence-electron chi connectivity index (χ2n) is 8.74. The van der Waals surface area contributed by atoms with Gasteiger partial charge in [0.2, 0.25) is 0 Å². The Labute approximate surface area is 209 Å². The molecule has 0 fully saturated rings. The first-order chi connectivity index (χ1) is 17.5. The van der Waals surface area contributed by atoms with Crippen LogP contribution in [0.3, 0.4) is 0 Å². The number of aromatic hydroxyl groups is 2. The second kappa shape index (κ2) is 9.88. The first-order valence-corrected chi connectivity index (χ1v) is 11.7. The topological polar surface area (TPSA) is 74.6 Å². The van der Waals surface area contributed by atoms with Gasteiger partial charge in [-0.05, 0) is 82.0 Å². The molecule has 176 valence electrons. The van der Waals surface area contributed by atoms with Crippen LogP contribution < -0.4 is 0 Å². The van der Waals surface area contributed by atoms with Crippen LogP contribution in [-0.2, 0) is 9.59 Å². The Balaban J connectivity index is 0.000000138. The highest BCUT2D eigenvalue weighted by Gasteiger charge is 2.40. The van der Waals surface area contributed by atoms with Crippen molar-refractivity contribution < 1.29 is 19.8 Å². The molecule has 2 bridgehead atoms. The van der Waals surface area contributed by atoms with Crippen LogP contribution in [0.25, 0.3) is 0 Å². The Morgan fingerprint density at radius 2 is 0.611 bits per heavy atom. The van der Waals surface area contributed by atoms with Gasteiger partial charge in [0.1, 0.15) is 11.5 Å². The Hall–Kier alpha value is -4.70. The summed E-state index contributed by atoms with van der Waals surface area (Å²) in [4.78, 5) is 20.6. The summed E-state index contributed by atoms with van der Waals surface area (Å²) in [5, 5.41) is 17.3. The molecule has 4 aliphatic carbocycles. The molecule has 4 nitrogen and oxygen atoms in total. The van der Waals surface area contributed by atoms with E-state index in [0.717, 1.165) is 0 Å². The summed E-state index contributed by atoms with van der Waals surface area (Å²) in [7, 11) is 0. The zero-order chi connectivity index (χ0) is 25.1. The van der Waals surface area contributed by atoms with Crippen LogP contribution >= 0.6 is 0 Å². The molecule has 4 aromatic carbocycles. The number of hydrogen-bond acceptors (Lipinski definition) is 4. The summed E-state index contributed by atoms with van der Waals surface area (Å²) in [6.45, 7) is 0. The highest BCUT2D eigenvalue weighted by Crippen LogP contribution is 2.55. The minimum absolute atomic E-state index is 0.121. The van der Waals surface area contributed by atoms with E-state index in [2.05, 4.69) is 72.8 Å². The summed E-state index contributed by atoms with van der Waals surface area (Å²) in [5.74, 6) is 0.937. The Morgan fingerprint density at radius 3 is 0.833 bits per heavy atom. The summed E-state index contributed by atoms with van der Waals surface area (Å²) < 4.78 is 0. The quantitative estimate of drug-likeness (QED) is 0.209. The van der Waals surface area contributed by atoms with Crippen LogP contribution in [0.1, 0.15) is 45.2 Å². The van der Waals surface area contributed by atoms with E-state index in [1.54, 1.807) is 0 Å². The van der Waals surface area contributed by atoms with Gasteiger partial charge in [0.15, 0.2) is 11.6 Å². The molecule has 0 atom stereocenters. The maximum atomic E-state index is 10.3. The van der Waals surface area contributed by atoms with Gasteiger partial charge in [-0.1, -0.05) is 72.8 Å². The monoisotopic (exact) mass is 472 g/mol. The molecular formula is C32H24O4. The van der Waals surface area contributed by atoms with E-state index < -0.39 is 0 Å². The maximum absolute atomic E-state index is 10.3. The number of carbonyl (C=O) groups is 2. The largest absolute Gasteiger partial charge is 0.508 e. The minimum Gasteiger partial charge on any atom is -0.508 e. The third-order valence-corrected chi connectivity index (χ3v) is 6.53. The molecule has 4 aromatic rings. The molecule has 0 radical (unpaired) electrons. The molecular weight excluding hydrogens is 448 g/mol. The first-order valence-electron chi connectivity index (χ1n) is 11.7. The minimum atomic E-state index is -0.121. The number of hydrogen-bond donors (Lipinski definition) is 2. The summed E-state index contributed by atoms with van der Waals surface area (Å²) in [5.41, 5.74) is 8.97. The number of ketones is 2. The summed E-state index contributed by atoms with van der Waals surface area (Å²) >= 11 is 0. The smallest absolute Gasteiger partial charge is 0.178 e. The molecule has 4 heteroatoms. The average Bonchev–Trinajstić information content (AvgIpc) is 2.92. The van der Waals surface area contributed by atoms with E-state index >= 15 is 0 Å². The Bertz CT molecular complexity index is 1250. The lowest BCUT2D eigenvalue weighted by Crippen LogP contribution is -2.27. The summed E-state index contributed by atoms with van der Waals surface area (Å²) in [6, 6.07) is 32.6. The van der Waals surface area contributed by atoms with Crippen LogP contribution in [0, 0.1) is 0 Å². The normalized spacial score (nSPS) is 17.6. The van der Waals surface area contributed by atoms with Gasteiger partial charge in [0.05, 0.1) is 0 Å². The molecule has 0 aromatic heterocycles. The molecule has 0 saturated carbocycles. The molecule has 0 unspecified atom stereocenters. The number of phenols is 2. The average molecular weight is 473 g/mol. The van der Waals surface area contributed by atoms with Gasteiger partial charge in [0.25, 0.3) is 0 Å². The highest BCUT2D eigenvalue weighted by atomic mass is 16.3. The SMILES string of the molecule is O=C1C=CC(=O)C=C1.Oc1ccc(O)cc1.c1ccc2c(c1)C1c3ccccc3C2c2ccccc21. The number of allylic oxidation sites excluding steroid dienone is 4.